The molecule has 1 aromatic carbocycles. The number of carbonyl (C=O) groups excluding carboxylic acids is 1. The van der Waals surface area contributed by atoms with E-state index >= 15 is 0 Å². The number of benzene rings is 1. The van der Waals surface area contributed by atoms with Gasteiger partial charge in [-0.05, 0) is 36.4 Å². The van der Waals surface area contributed by atoms with Gasteiger partial charge in [0.25, 0.3) is 5.91 Å². The predicted octanol–water partition coefficient (Wildman–Crippen LogP) is 3.55. The van der Waals surface area contributed by atoms with Gasteiger partial charge in [0, 0.05) is 18.3 Å². The van der Waals surface area contributed by atoms with Crippen molar-refractivity contribution in [1.29, 1.82) is 0 Å². The smallest absolute Gasteiger partial charge is 0.270 e. The van der Waals surface area contributed by atoms with Crippen molar-refractivity contribution in [2.75, 3.05) is 13.1 Å². The molecule has 4 nitrogen and oxygen atoms in total. The van der Waals surface area contributed by atoms with Gasteiger partial charge in [-0.1, -0.05) is 38.1 Å². The summed E-state index contributed by atoms with van der Waals surface area (Å²) in [5.74, 6) is 0.463. The monoisotopic (exact) mass is 367 g/mol. The van der Waals surface area contributed by atoms with Crippen LogP contribution >= 0.6 is 23.7 Å². The third kappa shape index (κ3) is 6.23. The topological polar surface area (TPSA) is 68.0 Å². The molecule has 6 heteroatoms. The second-order valence-electron chi connectivity index (χ2n) is 5.92. The number of nitrogens with zero attached hydrogens (tertiary/aromatic N) is 1. The van der Waals surface area contributed by atoms with Crippen molar-refractivity contribution in [2.24, 2.45) is 5.73 Å². The fraction of sp³-hybridized carbons (Fsp3) is 0.444. The Hall–Kier alpha value is -1.43. The summed E-state index contributed by atoms with van der Waals surface area (Å²) >= 11 is 1.49. The van der Waals surface area contributed by atoms with Crippen LogP contribution in [0.15, 0.2) is 29.6 Å². The van der Waals surface area contributed by atoms with Crippen LogP contribution in [0.1, 0.15) is 52.8 Å². The van der Waals surface area contributed by atoms with Gasteiger partial charge in [-0.15, -0.1) is 23.7 Å². The lowest BCUT2D eigenvalue weighted by molar-refractivity contribution is 0.0948. The summed E-state index contributed by atoms with van der Waals surface area (Å²) in [4.78, 5) is 16.3. The zero-order valence-corrected chi connectivity index (χ0v) is 15.9. The number of hydrogen-bond acceptors (Lipinski definition) is 4. The molecule has 0 bridgehead atoms. The number of thiazole rings is 1. The summed E-state index contributed by atoms with van der Waals surface area (Å²) in [6.45, 7) is 5.61. The van der Waals surface area contributed by atoms with Crippen LogP contribution in [0.4, 0.5) is 0 Å². The highest BCUT2D eigenvalue weighted by Gasteiger charge is 2.09. The van der Waals surface area contributed by atoms with Crippen LogP contribution in [0, 0.1) is 0 Å². The highest BCUT2D eigenvalue weighted by Crippen LogP contribution is 2.15. The van der Waals surface area contributed by atoms with E-state index in [1.807, 2.05) is 0 Å². The lowest BCUT2D eigenvalue weighted by Gasteiger charge is -2.07. The molecule has 0 unspecified atom stereocenters. The summed E-state index contributed by atoms with van der Waals surface area (Å²) in [6.07, 6.45) is 2.62. The molecule has 132 valence electrons. The molecule has 0 aliphatic heterocycles. The number of hydrogen-bond donors (Lipinski definition) is 2. The van der Waals surface area contributed by atoms with Crippen LogP contribution in [-0.4, -0.2) is 24.0 Å². The van der Waals surface area contributed by atoms with Gasteiger partial charge in [0.05, 0.1) is 5.01 Å². The largest absolute Gasteiger partial charge is 0.351 e. The van der Waals surface area contributed by atoms with E-state index in [0.717, 1.165) is 24.3 Å². The van der Waals surface area contributed by atoms with E-state index in [1.165, 1.54) is 22.5 Å². The van der Waals surface area contributed by atoms with E-state index in [2.05, 4.69) is 48.4 Å². The zero-order valence-electron chi connectivity index (χ0n) is 14.2. The average Bonchev–Trinajstić information content (AvgIpc) is 3.01. The first-order chi connectivity index (χ1) is 11.1. The Balaban J connectivity index is 0.00000288. The van der Waals surface area contributed by atoms with Gasteiger partial charge in [0.15, 0.2) is 0 Å². The highest BCUT2D eigenvalue weighted by molar-refractivity contribution is 7.09. The maximum Gasteiger partial charge on any atom is 0.270 e. The van der Waals surface area contributed by atoms with Crippen LogP contribution in [-0.2, 0) is 12.8 Å². The van der Waals surface area contributed by atoms with Gasteiger partial charge in [-0.3, -0.25) is 4.79 Å². The summed E-state index contributed by atoms with van der Waals surface area (Å²) in [5.41, 5.74) is 8.66. The highest BCUT2D eigenvalue weighted by atomic mass is 35.5. The minimum atomic E-state index is -0.0975. The Labute approximate surface area is 154 Å². The summed E-state index contributed by atoms with van der Waals surface area (Å²) in [6, 6.07) is 8.73. The molecule has 0 saturated carbocycles. The van der Waals surface area contributed by atoms with Gasteiger partial charge in [0.1, 0.15) is 5.69 Å². The van der Waals surface area contributed by atoms with E-state index in [9.17, 15) is 4.79 Å². The average molecular weight is 368 g/mol. The molecular weight excluding hydrogens is 342 g/mol. The number of nitrogens with one attached hydrogen (secondary N) is 1. The second-order valence-corrected chi connectivity index (χ2v) is 6.86. The molecule has 0 aliphatic carbocycles. The normalized spacial score (nSPS) is 10.5. The molecular formula is C18H26ClN3OS. The number of aromatic nitrogens is 1. The molecule has 0 radical (unpaired) electrons. The molecule has 0 saturated heterocycles. The minimum Gasteiger partial charge on any atom is -0.351 e. The van der Waals surface area contributed by atoms with Crippen molar-refractivity contribution in [3.63, 3.8) is 0 Å². The Morgan fingerprint density at radius 3 is 2.58 bits per heavy atom. The minimum absolute atomic E-state index is 0. The number of amides is 1. The maximum atomic E-state index is 12.0. The van der Waals surface area contributed by atoms with Crippen molar-refractivity contribution >= 4 is 29.7 Å². The van der Waals surface area contributed by atoms with Crippen molar-refractivity contribution in [1.82, 2.24) is 10.3 Å². The van der Waals surface area contributed by atoms with Gasteiger partial charge < -0.3 is 11.1 Å². The van der Waals surface area contributed by atoms with Gasteiger partial charge in [-0.2, -0.15) is 0 Å². The fourth-order valence-electron chi connectivity index (χ4n) is 2.31. The second kappa shape index (κ2) is 10.4. The van der Waals surface area contributed by atoms with Crippen LogP contribution in [0.5, 0.6) is 0 Å². The SMILES string of the molecule is CC(C)c1ccc(CCCNC(=O)c2csc(CCN)n2)cc1.Cl. The predicted molar refractivity (Wildman–Crippen MR) is 103 cm³/mol. The molecule has 0 aliphatic rings. The maximum absolute atomic E-state index is 12.0. The Bertz CT molecular complexity index is 625. The van der Waals surface area contributed by atoms with Crippen LogP contribution in [0.3, 0.4) is 0 Å². The molecule has 2 aromatic rings. The number of nitrogens with two attached hydrogens (primary N) is 1. The van der Waals surface area contributed by atoms with E-state index in [0.29, 0.717) is 24.7 Å². The van der Waals surface area contributed by atoms with Gasteiger partial charge in [0.2, 0.25) is 0 Å². The van der Waals surface area contributed by atoms with E-state index < -0.39 is 0 Å². The number of halogens is 1. The third-order valence-corrected chi connectivity index (χ3v) is 4.63. The first-order valence-electron chi connectivity index (χ1n) is 8.11. The summed E-state index contributed by atoms with van der Waals surface area (Å²) < 4.78 is 0. The van der Waals surface area contributed by atoms with Crippen LogP contribution in [0.2, 0.25) is 0 Å². The molecule has 1 amide bonds. The standard InChI is InChI=1S/C18H25N3OS.ClH/c1-13(2)15-7-5-14(6-8-15)4-3-11-20-18(22)16-12-23-17(21-16)9-10-19;/h5-8,12-13H,3-4,9-11,19H2,1-2H3,(H,20,22);1H. The van der Waals surface area contributed by atoms with E-state index in [-0.39, 0.29) is 18.3 Å². The lowest BCUT2D eigenvalue weighted by Crippen LogP contribution is -2.25. The zero-order chi connectivity index (χ0) is 16.7. The van der Waals surface area contributed by atoms with Gasteiger partial charge in [-0.25, -0.2) is 4.98 Å². The Kier molecular flexibility index (Phi) is 8.97. The fourth-order valence-corrected chi connectivity index (χ4v) is 3.10. The van der Waals surface area contributed by atoms with Crippen LogP contribution in [0.25, 0.3) is 0 Å². The van der Waals surface area contributed by atoms with Gasteiger partial charge >= 0.3 is 0 Å². The molecule has 0 fully saturated rings. The first-order valence-corrected chi connectivity index (χ1v) is 8.99. The van der Waals surface area contributed by atoms with E-state index in [1.54, 1.807) is 5.38 Å². The number of rotatable bonds is 8. The quantitative estimate of drug-likeness (QED) is 0.701. The van der Waals surface area contributed by atoms with Crippen LogP contribution < -0.4 is 11.1 Å². The Morgan fingerprint density at radius 2 is 1.96 bits per heavy atom. The summed E-state index contributed by atoms with van der Waals surface area (Å²) in [5, 5.41) is 5.64. The summed E-state index contributed by atoms with van der Waals surface area (Å²) in [7, 11) is 0. The molecule has 3 N–H and O–H groups in total. The molecule has 1 aromatic heterocycles. The lowest BCUT2D eigenvalue weighted by atomic mass is 10.0. The molecule has 0 atom stereocenters. The van der Waals surface area contributed by atoms with Crippen molar-refractivity contribution < 1.29 is 4.79 Å². The number of aryl methyl sites for hydroxylation is 1. The molecule has 1 heterocycles. The molecule has 24 heavy (non-hydrogen) atoms. The molecule has 2 rings (SSSR count). The Morgan fingerprint density at radius 1 is 1.25 bits per heavy atom. The van der Waals surface area contributed by atoms with E-state index in [4.69, 9.17) is 5.73 Å². The third-order valence-electron chi connectivity index (χ3n) is 3.72. The van der Waals surface area contributed by atoms with Crippen molar-refractivity contribution in [3.05, 3.63) is 51.5 Å². The molecule has 0 spiro atoms. The number of carbonyl (C=O) groups is 1. The van der Waals surface area contributed by atoms with Crippen molar-refractivity contribution in [2.45, 2.75) is 39.0 Å². The van der Waals surface area contributed by atoms with Crippen molar-refractivity contribution in [3.8, 4) is 0 Å². The first kappa shape index (κ1) is 20.6.